The lowest BCUT2D eigenvalue weighted by atomic mass is 9.62. The van der Waals surface area contributed by atoms with Crippen LogP contribution in [0.5, 0.6) is 0 Å². The number of carbonyl (C=O) groups excluding carboxylic acids is 1. The molecule has 0 N–H and O–H groups in total. The van der Waals surface area contributed by atoms with E-state index in [1.54, 1.807) is 0 Å². The Bertz CT molecular complexity index is 990. The molecule has 0 amide bonds. The Balaban J connectivity index is 1.99. The van der Waals surface area contributed by atoms with Crippen molar-refractivity contribution in [1.82, 2.24) is 0 Å². The molecule has 1 aliphatic carbocycles. The number of benzene rings is 2. The Morgan fingerprint density at radius 3 is 2.09 bits per heavy atom. The lowest BCUT2D eigenvalue weighted by molar-refractivity contribution is 0.0505. The fraction of sp³-hybridized carbons (Fsp3) is 0.500. The van der Waals surface area contributed by atoms with Crippen molar-refractivity contribution in [2.75, 3.05) is 6.61 Å². The molecule has 172 valence electrons. The third kappa shape index (κ3) is 5.17. The summed E-state index contributed by atoms with van der Waals surface area (Å²) in [6.07, 6.45) is 7.76. The Morgan fingerprint density at radius 1 is 0.938 bits per heavy atom. The highest BCUT2D eigenvalue weighted by atomic mass is 16.5. The summed E-state index contributed by atoms with van der Waals surface area (Å²) in [7, 11) is 0. The first-order chi connectivity index (χ1) is 15.1. The number of ether oxygens (including phenoxy) is 1. The van der Waals surface area contributed by atoms with Crippen LogP contribution in [0.15, 0.2) is 36.4 Å². The van der Waals surface area contributed by atoms with Gasteiger partial charge in [-0.05, 0) is 89.0 Å². The molecule has 1 aliphatic rings. The molecule has 32 heavy (non-hydrogen) atoms. The predicted molar refractivity (Wildman–Crippen MR) is 136 cm³/mol. The van der Waals surface area contributed by atoms with Crippen LogP contribution in [0.25, 0.3) is 11.6 Å². The maximum Gasteiger partial charge on any atom is 0.338 e. The topological polar surface area (TPSA) is 26.3 Å². The summed E-state index contributed by atoms with van der Waals surface area (Å²) in [5, 5.41) is 0. The van der Waals surface area contributed by atoms with Crippen molar-refractivity contribution in [3.05, 3.63) is 69.8 Å². The van der Waals surface area contributed by atoms with Crippen LogP contribution in [0.2, 0.25) is 0 Å². The molecular formula is C30H40O2. The first kappa shape index (κ1) is 24.3. The molecule has 0 heterocycles. The summed E-state index contributed by atoms with van der Waals surface area (Å²) in [4.78, 5) is 12.1. The zero-order valence-corrected chi connectivity index (χ0v) is 21.1. The lowest BCUT2D eigenvalue weighted by Crippen LogP contribution is -2.34. The smallest absolute Gasteiger partial charge is 0.338 e. The Morgan fingerprint density at radius 2 is 1.53 bits per heavy atom. The third-order valence-electron chi connectivity index (χ3n) is 6.99. The van der Waals surface area contributed by atoms with E-state index in [0.717, 1.165) is 24.8 Å². The molecule has 0 bridgehead atoms. The minimum Gasteiger partial charge on any atom is -0.462 e. The van der Waals surface area contributed by atoms with Crippen molar-refractivity contribution in [2.45, 2.75) is 91.4 Å². The number of aryl methyl sites for hydroxylation is 1. The maximum atomic E-state index is 12.1. The lowest BCUT2D eigenvalue weighted by Gasteiger charge is -2.42. The fourth-order valence-electron chi connectivity index (χ4n) is 4.82. The molecule has 0 radical (unpaired) electrons. The van der Waals surface area contributed by atoms with Crippen LogP contribution in [0.1, 0.15) is 112 Å². The van der Waals surface area contributed by atoms with Crippen LogP contribution in [-0.2, 0) is 22.0 Å². The molecule has 2 aromatic rings. The average Bonchev–Trinajstić information content (AvgIpc) is 2.75. The Kier molecular flexibility index (Phi) is 7.32. The van der Waals surface area contributed by atoms with E-state index < -0.39 is 0 Å². The van der Waals surface area contributed by atoms with E-state index in [1.807, 2.05) is 31.2 Å². The van der Waals surface area contributed by atoms with Crippen molar-refractivity contribution < 1.29 is 9.53 Å². The third-order valence-corrected chi connectivity index (χ3v) is 6.99. The molecule has 0 saturated carbocycles. The van der Waals surface area contributed by atoms with Gasteiger partial charge in [0.25, 0.3) is 0 Å². The van der Waals surface area contributed by atoms with E-state index in [9.17, 15) is 4.79 Å². The SMILES string of the molecule is CCCOC(=O)c1ccc(/C=C(\C)c2cc3c(cc2CCC)C(C)(C)CCC3(C)C)cc1. The molecule has 2 heteroatoms. The van der Waals surface area contributed by atoms with Gasteiger partial charge in [-0.1, -0.05) is 78.3 Å². The molecule has 2 nitrogen and oxygen atoms in total. The van der Waals surface area contributed by atoms with Gasteiger partial charge in [0, 0.05) is 0 Å². The van der Waals surface area contributed by atoms with Crippen LogP contribution >= 0.6 is 0 Å². The maximum absolute atomic E-state index is 12.1. The number of hydrogen-bond acceptors (Lipinski definition) is 2. The summed E-state index contributed by atoms with van der Waals surface area (Å²) < 4.78 is 5.24. The standard InChI is InChI=1S/C30H40O2/c1-8-10-24-19-26-27(30(6,7)16-15-29(26,4)5)20-25(24)21(3)18-22-11-13-23(14-12-22)28(31)32-17-9-2/h11-14,18-20H,8-10,15-17H2,1-7H3/b21-18+. The van der Waals surface area contributed by atoms with Crippen molar-refractivity contribution >= 4 is 17.6 Å². The number of esters is 1. The largest absolute Gasteiger partial charge is 0.462 e. The second-order valence-electron chi connectivity index (χ2n) is 10.7. The monoisotopic (exact) mass is 432 g/mol. The first-order valence-corrected chi connectivity index (χ1v) is 12.2. The van der Waals surface area contributed by atoms with E-state index in [1.165, 1.54) is 40.7 Å². The van der Waals surface area contributed by atoms with Gasteiger partial charge in [-0.2, -0.15) is 0 Å². The van der Waals surface area contributed by atoms with E-state index in [-0.39, 0.29) is 16.8 Å². The van der Waals surface area contributed by atoms with Gasteiger partial charge in [-0.25, -0.2) is 4.79 Å². The van der Waals surface area contributed by atoms with Crippen LogP contribution in [-0.4, -0.2) is 12.6 Å². The van der Waals surface area contributed by atoms with Crippen LogP contribution < -0.4 is 0 Å². The van der Waals surface area contributed by atoms with Gasteiger partial charge < -0.3 is 4.74 Å². The second kappa shape index (κ2) is 9.65. The Hall–Kier alpha value is -2.35. The highest BCUT2D eigenvalue weighted by Crippen LogP contribution is 2.47. The molecule has 0 aromatic heterocycles. The van der Waals surface area contributed by atoms with Gasteiger partial charge in [0.05, 0.1) is 12.2 Å². The second-order valence-corrected chi connectivity index (χ2v) is 10.7. The molecule has 2 aromatic carbocycles. The van der Waals surface area contributed by atoms with Gasteiger partial charge >= 0.3 is 5.97 Å². The predicted octanol–water partition coefficient (Wildman–Crippen LogP) is 8.12. The quantitative estimate of drug-likeness (QED) is 0.326. The van der Waals surface area contributed by atoms with Gasteiger partial charge in [0.2, 0.25) is 0 Å². The van der Waals surface area contributed by atoms with Gasteiger partial charge in [-0.15, -0.1) is 0 Å². The highest BCUT2D eigenvalue weighted by Gasteiger charge is 2.37. The zero-order valence-electron chi connectivity index (χ0n) is 21.1. The van der Waals surface area contributed by atoms with Crippen LogP contribution in [0, 0.1) is 0 Å². The van der Waals surface area contributed by atoms with Gasteiger partial charge in [-0.3, -0.25) is 0 Å². The molecule has 0 spiro atoms. The first-order valence-electron chi connectivity index (χ1n) is 12.2. The van der Waals surface area contributed by atoms with Crippen LogP contribution in [0.4, 0.5) is 0 Å². The molecule has 0 saturated heterocycles. The molecule has 0 aliphatic heterocycles. The molecule has 0 atom stereocenters. The molecule has 0 fully saturated rings. The Labute approximate surface area is 195 Å². The highest BCUT2D eigenvalue weighted by molar-refractivity contribution is 5.90. The summed E-state index contributed by atoms with van der Waals surface area (Å²) in [6, 6.07) is 12.7. The summed E-state index contributed by atoms with van der Waals surface area (Å²) >= 11 is 0. The van der Waals surface area contributed by atoms with E-state index in [4.69, 9.17) is 4.74 Å². The zero-order chi connectivity index (χ0) is 23.5. The normalized spacial score (nSPS) is 17.0. The number of fused-ring (bicyclic) bond motifs is 1. The van der Waals surface area contributed by atoms with Gasteiger partial charge in [0.1, 0.15) is 0 Å². The summed E-state index contributed by atoms with van der Waals surface area (Å²) in [5.41, 5.74) is 9.27. The van der Waals surface area contributed by atoms with Crippen LogP contribution in [0.3, 0.4) is 0 Å². The molecule has 3 rings (SSSR count). The minimum absolute atomic E-state index is 0.200. The fourth-order valence-corrected chi connectivity index (χ4v) is 4.82. The number of rotatable bonds is 7. The summed E-state index contributed by atoms with van der Waals surface area (Å²) in [6.45, 7) is 16.5. The van der Waals surface area contributed by atoms with Crippen molar-refractivity contribution in [3.63, 3.8) is 0 Å². The molecular weight excluding hydrogens is 392 g/mol. The van der Waals surface area contributed by atoms with E-state index in [2.05, 4.69) is 59.8 Å². The minimum atomic E-state index is -0.246. The van der Waals surface area contributed by atoms with Gasteiger partial charge in [0.15, 0.2) is 0 Å². The number of hydrogen-bond donors (Lipinski definition) is 0. The van der Waals surface area contributed by atoms with E-state index >= 15 is 0 Å². The van der Waals surface area contributed by atoms with Crippen molar-refractivity contribution in [3.8, 4) is 0 Å². The average molecular weight is 433 g/mol. The number of allylic oxidation sites excluding steroid dienone is 1. The van der Waals surface area contributed by atoms with Crippen molar-refractivity contribution in [1.29, 1.82) is 0 Å². The number of carbonyl (C=O) groups is 1. The van der Waals surface area contributed by atoms with E-state index in [0.29, 0.717) is 12.2 Å². The molecule has 0 unspecified atom stereocenters. The van der Waals surface area contributed by atoms with Crippen molar-refractivity contribution in [2.24, 2.45) is 0 Å². The summed E-state index contributed by atoms with van der Waals surface area (Å²) in [5.74, 6) is -0.246.